The molecule has 0 saturated carbocycles. The van der Waals surface area contributed by atoms with Gasteiger partial charge in [0.15, 0.2) is 0 Å². The van der Waals surface area contributed by atoms with Crippen molar-refractivity contribution in [3.05, 3.63) is 17.5 Å². The summed E-state index contributed by atoms with van der Waals surface area (Å²) < 4.78 is 7.32. The second kappa shape index (κ2) is 5.88. The Morgan fingerprint density at radius 3 is 2.80 bits per heavy atom. The SMILES string of the molecule is Cc1c(CNCCOC(C)C)cnn1C. The van der Waals surface area contributed by atoms with Crippen LogP contribution < -0.4 is 5.32 Å². The van der Waals surface area contributed by atoms with Crippen LogP contribution in [0.3, 0.4) is 0 Å². The third-order valence-electron chi connectivity index (χ3n) is 2.38. The van der Waals surface area contributed by atoms with Crippen LogP contribution in [0.15, 0.2) is 6.20 Å². The third-order valence-corrected chi connectivity index (χ3v) is 2.38. The number of hydrogen-bond acceptors (Lipinski definition) is 3. The predicted octanol–water partition coefficient (Wildman–Crippen LogP) is 1.24. The zero-order chi connectivity index (χ0) is 11.3. The van der Waals surface area contributed by atoms with Gasteiger partial charge in [-0.2, -0.15) is 5.10 Å². The van der Waals surface area contributed by atoms with Gasteiger partial charge < -0.3 is 10.1 Å². The molecule has 0 aliphatic rings. The Morgan fingerprint density at radius 2 is 2.27 bits per heavy atom. The molecule has 0 fully saturated rings. The minimum Gasteiger partial charge on any atom is -0.377 e. The summed E-state index contributed by atoms with van der Waals surface area (Å²) in [6.45, 7) is 8.68. The highest BCUT2D eigenvalue weighted by Gasteiger charge is 2.02. The fourth-order valence-electron chi connectivity index (χ4n) is 1.31. The number of hydrogen-bond donors (Lipinski definition) is 1. The van der Waals surface area contributed by atoms with Crippen LogP contribution in [0.2, 0.25) is 0 Å². The molecule has 1 rings (SSSR count). The Balaban J connectivity index is 2.18. The van der Waals surface area contributed by atoms with Gasteiger partial charge in [-0.05, 0) is 20.8 Å². The molecule has 4 nitrogen and oxygen atoms in total. The third kappa shape index (κ3) is 4.01. The number of ether oxygens (including phenoxy) is 1. The summed E-state index contributed by atoms with van der Waals surface area (Å²) in [4.78, 5) is 0. The lowest BCUT2D eigenvalue weighted by atomic mass is 10.2. The van der Waals surface area contributed by atoms with Crippen molar-refractivity contribution in [1.29, 1.82) is 0 Å². The van der Waals surface area contributed by atoms with E-state index in [0.29, 0.717) is 6.10 Å². The van der Waals surface area contributed by atoms with E-state index in [-0.39, 0.29) is 0 Å². The van der Waals surface area contributed by atoms with Crippen LogP contribution in [0.4, 0.5) is 0 Å². The van der Waals surface area contributed by atoms with Gasteiger partial charge in [0.2, 0.25) is 0 Å². The summed E-state index contributed by atoms with van der Waals surface area (Å²) in [6, 6.07) is 0. The van der Waals surface area contributed by atoms with Gasteiger partial charge in [-0.3, -0.25) is 4.68 Å². The van der Waals surface area contributed by atoms with Crippen LogP contribution in [-0.4, -0.2) is 29.0 Å². The van der Waals surface area contributed by atoms with Gasteiger partial charge in [-0.15, -0.1) is 0 Å². The summed E-state index contributed by atoms with van der Waals surface area (Å²) in [5.41, 5.74) is 2.47. The van der Waals surface area contributed by atoms with Gasteiger partial charge in [-0.1, -0.05) is 0 Å². The maximum absolute atomic E-state index is 5.43. The largest absolute Gasteiger partial charge is 0.377 e. The number of nitrogens with one attached hydrogen (secondary N) is 1. The van der Waals surface area contributed by atoms with E-state index in [9.17, 15) is 0 Å². The van der Waals surface area contributed by atoms with Crippen molar-refractivity contribution in [3.63, 3.8) is 0 Å². The minimum atomic E-state index is 0.312. The second-order valence-corrected chi connectivity index (χ2v) is 3.98. The van der Waals surface area contributed by atoms with Crippen LogP contribution in [0.5, 0.6) is 0 Å². The number of aromatic nitrogens is 2. The van der Waals surface area contributed by atoms with Crippen molar-refractivity contribution in [2.75, 3.05) is 13.2 Å². The molecule has 0 unspecified atom stereocenters. The molecule has 0 aromatic carbocycles. The monoisotopic (exact) mass is 211 g/mol. The molecule has 4 heteroatoms. The molecule has 1 heterocycles. The summed E-state index contributed by atoms with van der Waals surface area (Å²) in [7, 11) is 1.96. The van der Waals surface area contributed by atoms with Crippen molar-refractivity contribution in [2.45, 2.75) is 33.4 Å². The minimum absolute atomic E-state index is 0.312. The zero-order valence-electron chi connectivity index (χ0n) is 10.1. The number of aryl methyl sites for hydroxylation is 1. The van der Waals surface area contributed by atoms with Gasteiger partial charge in [0.25, 0.3) is 0 Å². The smallest absolute Gasteiger partial charge is 0.0594 e. The molecule has 0 aliphatic carbocycles. The van der Waals surface area contributed by atoms with E-state index in [2.05, 4.69) is 17.3 Å². The van der Waals surface area contributed by atoms with E-state index < -0.39 is 0 Å². The van der Waals surface area contributed by atoms with Gasteiger partial charge in [0.05, 0.1) is 18.9 Å². The summed E-state index contributed by atoms with van der Waals surface area (Å²) >= 11 is 0. The molecule has 0 atom stereocenters. The molecule has 86 valence electrons. The molecule has 0 radical (unpaired) electrons. The van der Waals surface area contributed by atoms with E-state index in [1.165, 1.54) is 11.3 Å². The molecule has 1 N–H and O–H groups in total. The van der Waals surface area contributed by atoms with E-state index in [0.717, 1.165) is 19.7 Å². The predicted molar refractivity (Wildman–Crippen MR) is 60.7 cm³/mol. The topological polar surface area (TPSA) is 39.1 Å². The molecule has 0 aliphatic heterocycles. The van der Waals surface area contributed by atoms with Crippen molar-refractivity contribution in [2.24, 2.45) is 7.05 Å². The Bertz CT molecular complexity index is 294. The van der Waals surface area contributed by atoms with Gasteiger partial charge in [0.1, 0.15) is 0 Å². The fourth-order valence-corrected chi connectivity index (χ4v) is 1.31. The molecule has 15 heavy (non-hydrogen) atoms. The standard InChI is InChI=1S/C11H21N3O/c1-9(2)15-6-5-12-7-11-8-13-14(4)10(11)3/h8-9,12H,5-7H2,1-4H3. The molecule has 0 bridgehead atoms. The van der Waals surface area contributed by atoms with Gasteiger partial charge >= 0.3 is 0 Å². The number of rotatable bonds is 6. The van der Waals surface area contributed by atoms with Gasteiger partial charge in [-0.25, -0.2) is 0 Å². The first-order chi connectivity index (χ1) is 7.11. The van der Waals surface area contributed by atoms with E-state index in [1.54, 1.807) is 0 Å². The van der Waals surface area contributed by atoms with Crippen molar-refractivity contribution in [1.82, 2.24) is 15.1 Å². The van der Waals surface area contributed by atoms with E-state index in [4.69, 9.17) is 4.74 Å². The molecule has 0 amide bonds. The van der Waals surface area contributed by atoms with Crippen molar-refractivity contribution >= 4 is 0 Å². The fraction of sp³-hybridized carbons (Fsp3) is 0.727. The quantitative estimate of drug-likeness (QED) is 0.720. The van der Waals surface area contributed by atoms with E-state index in [1.807, 2.05) is 31.8 Å². The van der Waals surface area contributed by atoms with E-state index >= 15 is 0 Å². The first-order valence-electron chi connectivity index (χ1n) is 5.41. The molecule has 1 aromatic heterocycles. The first-order valence-corrected chi connectivity index (χ1v) is 5.41. The lowest BCUT2D eigenvalue weighted by molar-refractivity contribution is 0.0807. The maximum atomic E-state index is 5.43. The summed E-state index contributed by atoms with van der Waals surface area (Å²) in [5, 5.41) is 7.52. The van der Waals surface area contributed by atoms with Crippen LogP contribution in [-0.2, 0) is 18.3 Å². The first kappa shape index (κ1) is 12.2. The van der Waals surface area contributed by atoms with Crippen molar-refractivity contribution < 1.29 is 4.74 Å². The Morgan fingerprint density at radius 1 is 1.53 bits per heavy atom. The van der Waals surface area contributed by atoms with Gasteiger partial charge in [0, 0.05) is 31.4 Å². The van der Waals surface area contributed by atoms with Crippen LogP contribution in [0, 0.1) is 6.92 Å². The molecular weight excluding hydrogens is 190 g/mol. The summed E-state index contributed by atoms with van der Waals surface area (Å²) in [6.07, 6.45) is 2.22. The van der Waals surface area contributed by atoms with Crippen molar-refractivity contribution in [3.8, 4) is 0 Å². The molecular formula is C11H21N3O. The lowest BCUT2D eigenvalue weighted by Crippen LogP contribution is -2.21. The maximum Gasteiger partial charge on any atom is 0.0594 e. The zero-order valence-corrected chi connectivity index (χ0v) is 10.1. The Hall–Kier alpha value is -0.870. The normalized spacial score (nSPS) is 11.3. The average molecular weight is 211 g/mol. The highest BCUT2D eigenvalue weighted by Crippen LogP contribution is 2.04. The highest BCUT2D eigenvalue weighted by molar-refractivity contribution is 5.15. The molecule has 0 spiro atoms. The molecule has 1 aromatic rings. The average Bonchev–Trinajstić information content (AvgIpc) is 2.48. The van der Waals surface area contributed by atoms with Crippen LogP contribution in [0.25, 0.3) is 0 Å². The Labute approximate surface area is 91.6 Å². The number of nitrogens with zero attached hydrogens (tertiary/aromatic N) is 2. The second-order valence-electron chi connectivity index (χ2n) is 3.98. The van der Waals surface area contributed by atoms with Crippen LogP contribution >= 0.6 is 0 Å². The highest BCUT2D eigenvalue weighted by atomic mass is 16.5. The Kier molecular flexibility index (Phi) is 4.78. The molecule has 0 saturated heterocycles. The summed E-state index contributed by atoms with van der Waals surface area (Å²) in [5.74, 6) is 0. The van der Waals surface area contributed by atoms with Crippen LogP contribution in [0.1, 0.15) is 25.1 Å². The lowest BCUT2D eigenvalue weighted by Gasteiger charge is -2.08.